The maximum absolute atomic E-state index is 11.5. The van der Waals surface area contributed by atoms with E-state index in [4.69, 9.17) is 0 Å². The highest BCUT2D eigenvalue weighted by Crippen LogP contribution is 2.07. The van der Waals surface area contributed by atoms with E-state index in [0.29, 0.717) is 5.82 Å². The molecule has 2 amide bonds. The topological polar surface area (TPSA) is 78.9 Å². The third kappa shape index (κ3) is 3.44. The summed E-state index contributed by atoms with van der Waals surface area (Å²) in [5.41, 5.74) is 6.96. The number of hydrogen-bond acceptors (Lipinski definition) is 4. The van der Waals surface area contributed by atoms with Gasteiger partial charge in [0.2, 0.25) is 0 Å². The first-order valence-electron chi connectivity index (χ1n) is 5.40. The number of benzene rings is 1. The Morgan fingerprint density at radius 1 is 1.17 bits per heavy atom. The second kappa shape index (κ2) is 5.62. The van der Waals surface area contributed by atoms with Gasteiger partial charge in [0, 0.05) is 18.1 Å². The summed E-state index contributed by atoms with van der Waals surface area (Å²) in [7, 11) is 0. The predicted molar refractivity (Wildman–Crippen MR) is 69.0 cm³/mol. The van der Waals surface area contributed by atoms with Gasteiger partial charge in [-0.15, -0.1) is 0 Å². The zero-order valence-electron chi connectivity index (χ0n) is 9.84. The number of nitrogens with zero attached hydrogens (tertiary/aromatic N) is 2. The number of hydrogen-bond donors (Lipinski definition) is 3. The van der Waals surface area contributed by atoms with E-state index in [9.17, 15) is 4.79 Å². The molecular formula is C12H13N5O. The summed E-state index contributed by atoms with van der Waals surface area (Å²) in [6.07, 6.45) is 4.59. The zero-order chi connectivity index (χ0) is 12.8. The van der Waals surface area contributed by atoms with Gasteiger partial charge >= 0.3 is 6.03 Å². The van der Waals surface area contributed by atoms with Crippen LogP contribution in [0.2, 0.25) is 0 Å². The number of hydrazine groups is 1. The summed E-state index contributed by atoms with van der Waals surface area (Å²) >= 11 is 0. The molecule has 2 aromatic rings. The normalized spacial score (nSPS) is 9.61. The summed E-state index contributed by atoms with van der Waals surface area (Å²) in [5.74, 6) is 0.469. The lowest BCUT2D eigenvalue weighted by molar-refractivity contribution is 0.254. The van der Waals surface area contributed by atoms with Crippen LogP contribution < -0.4 is 16.2 Å². The first kappa shape index (κ1) is 11.8. The van der Waals surface area contributed by atoms with Crippen molar-refractivity contribution in [3.8, 4) is 0 Å². The van der Waals surface area contributed by atoms with Crippen molar-refractivity contribution in [1.29, 1.82) is 0 Å². The minimum Gasteiger partial charge on any atom is -0.307 e. The van der Waals surface area contributed by atoms with E-state index in [1.165, 1.54) is 12.4 Å². The van der Waals surface area contributed by atoms with Crippen molar-refractivity contribution in [2.45, 2.75) is 6.92 Å². The summed E-state index contributed by atoms with van der Waals surface area (Å²) in [6, 6.07) is 7.14. The third-order valence-corrected chi connectivity index (χ3v) is 2.18. The molecule has 1 heterocycles. The molecule has 0 bridgehead atoms. The van der Waals surface area contributed by atoms with Crippen LogP contribution in [0.15, 0.2) is 42.9 Å². The number of amides is 2. The molecule has 0 spiro atoms. The molecule has 1 aromatic heterocycles. The van der Waals surface area contributed by atoms with Crippen molar-refractivity contribution in [2.24, 2.45) is 0 Å². The molecule has 6 heteroatoms. The van der Waals surface area contributed by atoms with Crippen molar-refractivity contribution in [2.75, 3.05) is 10.7 Å². The molecule has 0 unspecified atom stereocenters. The van der Waals surface area contributed by atoms with Gasteiger partial charge in [0.1, 0.15) is 0 Å². The average Bonchev–Trinajstić information content (AvgIpc) is 2.40. The van der Waals surface area contributed by atoms with Gasteiger partial charge in [-0.3, -0.25) is 10.4 Å². The molecule has 0 aliphatic carbocycles. The highest BCUT2D eigenvalue weighted by atomic mass is 16.2. The molecule has 0 radical (unpaired) electrons. The first-order valence-corrected chi connectivity index (χ1v) is 5.40. The van der Waals surface area contributed by atoms with Crippen molar-refractivity contribution in [3.63, 3.8) is 0 Å². The van der Waals surface area contributed by atoms with Crippen LogP contribution >= 0.6 is 0 Å². The largest absolute Gasteiger partial charge is 0.337 e. The molecule has 0 aliphatic rings. The Morgan fingerprint density at radius 3 is 2.61 bits per heavy atom. The molecule has 0 aliphatic heterocycles. The average molecular weight is 243 g/mol. The van der Waals surface area contributed by atoms with Crippen LogP contribution in [0.1, 0.15) is 5.56 Å². The van der Waals surface area contributed by atoms with Crippen LogP contribution in [0.4, 0.5) is 16.3 Å². The van der Waals surface area contributed by atoms with Gasteiger partial charge in [-0.25, -0.2) is 15.2 Å². The lowest BCUT2D eigenvalue weighted by Crippen LogP contribution is -2.33. The third-order valence-electron chi connectivity index (χ3n) is 2.18. The number of carbonyl (C=O) groups is 1. The number of urea groups is 1. The Labute approximate surface area is 104 Å². The van der Waals surface area contributed by atoms with Crippen molar-refractivity contribution in [1.82, 2.24) is 15.4 Å². The monoisotopic (exact) mass is 243 g/mol. The first-order chi connectivity index (χ1) is 8.74. The molecule has 2 rings (SSSR count). The van der Waals surface area contributed by atoms with Gasteiger partial charge < -0.3 is 5.32 Å². The standard InChI is InChI=1S/C12H13N5O/c1-9-2-4-10(5-3-9)15-12(18)17-16-11-8-13-6-7-14-11/h2-8H,1H3,(H,14,16)(H2,15,17,18). The van der Waals surface area contributed by atoms with Crippen molar-refractivity contribution in [3.05, 3.63) is 48.4 Å². The number of carbonyl (C=O) groups excluding carboxylic acids is 1. The van der Waals surface area contributed by atoms with Crippen molar-refractivity contribution < 1.29 is 4.79 Å². The number of anilines is 2. The maximum Gasteiger partial charge on any atom is 0.337 e. The van der Waals surface area contributed by atoms with Gasteiger partial charge in [-0.05, 0) is 19.1 Å². The van der Waals surface area contributed by atoms with Crippen LogP contribution in [0.25, 0.3) is 0 Å². The van der Waals surface area contributed by atoms with Gasteiger partial charge in [0.25, 0.3) is 0 Å². The van der Waals surface area contributed by atoms with Gasteiger partial charge in [0.15, 0.2) is 5.82 Å². The Morgan fingerprint density at radius 2 is 1.94 bits per heavy atom. The summed E-state index contributed by atoms with van der Waals surface area (Å²) < 4.78 is 0. The fourth-order valence-electron chi connectivity index (χ4n) is 1.28. The molecule has 0 fully saturated rings. The molecular weight excluding hydrogens is 230 g/mol. The molecule has 92 valence electrons. The molecule has 0 saturated carbocycles. The van der Waals surface area contributed by atoms with E-state index >= 15 is 0 Å². The van der Waals surface area contributed by atoms with Crippen LogP contribution in [-0.2, 0) is 0 Å². The van der Waals surface area contributed by atoms with Crippen LogP contribution in [0.3, 0.4) is 0 Å². The lowest BCUT2D eigenvalue weighted by Gasteiger charge is -2.08. The van der Waals surface area contributed by atoms with Gasteiger partial charge in [-0.2, -0.15) is 0 Å². The van der Waals surface area contributed by atoms with Gasteiger partial charge in [-0.1, -0.05) is 17.7 Å². The number of nitrogens with one attached hydrogen (secondary N) is 3. The Bertz CT molecular complexity index is 512. The van der Waals surface area contributed by atoms with E-state index in [1.807, 2.05) is 31.2 Å². The molecule has 6 nitrogen and oxygen atoms in total. The minimum atomic E-state index is -0.371. The van der Waals surface area contributed by atoms with E-state index < -0.39 is 0 Å². The molecule has 0 atom stereocenters. The smallest absolute Gasteiger partial charge is 0.307 e. The van der Waals surface area contributed by atoms with Crippen LogP contribution in [0, 0.1) is 6.92 Å². The van der Waals surface area contributed by atoms with E-state index in [1.54, 1.807) is 6.20 Å². The number of aryl methyl sites for hydroxylation is 1. The quantitative estimate of drug-likeness (QED) is 0.720. The Hall–Kier alpha value is -2.63. The molecule has 1 aromatic carbocycles. The molecule has 3 N–H and O–H groups in total. The number of aromatic nitrogens is 2. The summed E-state index contributed by atoms with van der Waals surface area (Å²) in [4.78, 5) is 19.4. The fraction of sp³-hybridized carbons (Fsp3) is 0.0833. The van der Waals surface area contributed by atoms with E-state index in [2.05, 4.69) is 26.1 Å². The zero-order valence-corrected chi connectivity index (χ0v) is 9.84. The SMILES string of the molecule is Cc1ccc(NC(=O)NNc2cnccn2)cc1. The van der Waals surface area contributed by atoms with E-state index in [0.717, 1.165) is 11.3 Å². The predicted octanol–water partition coefficient (Wildman–Crippen LogP) is 1.93. The highest BCUT2D eigenvalue weighted by molar-refractivity contribution is 5.89. The lowest BCUT2D eigenvalue weighted by atomic mass is 10.2. The van der Waals surface area contributed by atoms with Crippen molar-refractivity contribution >= 4 is 17.5 Å². The second-order valence-corrected chi connectivity index (χ2v) is 3.66. The summed E-state index contributed by atoms with van der Waals surface area (Å²) in [6.45, 7) is 1.99. The molecule has 18 heavy (non-hydrogen) atoms. The van der Waals surface area contributed by atoms with Crippen LogP contribution in [-0.4, -0.2) is 16.0 Å². The van der Waals surface area contributed by atoms with E-state index in [-0.39, 0.29) is 6.03 Å². The molecule has 0 saturated heterocycles. The minimum absolute atomic E-state index is 0.371. The Balaban J connectivity index is 1.84. The second-order valence-electron chi connectivity index (χ2n) is 3.66. The van der Waals surface area contributed by atoms with Gasteiger partial charge in [0.05, 0.1) is 6.20 Å². The number of rotatable bonds is 3. The summed E-state index contributed by atoms with van der Waals surface area (Å²) in [5, 5.41) is 2.68. The highest BCUT2D eigenvalue weighted by Gasteiger charge is 2.00. The van der Waals surface area contributed by atoms with Crippen LogP contribution in [0.5, 0.6) is 0 Å². The Kier molecular flexibility index (Phi) is 3.70. The fourth-order valence-corrected chi connectivity index (χ4v) is 1.28. The maximum atomic E-state index is 11.5.